The number of hydrogen-bond donors (Lipinski definition) is 2. The number of piperidine rings is 1. The highest BCUT2D eigenvalue weighted by atomic mass is 16.6. The molecule has 1 saturated heterocycles. The van der Waals surface area contributed by atoms with Crippen molar-refractivity contribution in [1.82, 2.24) is 10.6 Å². The fourth-order valence-corrected chi connectivity index (χ4v) is 3.04. The summed E-state index contributed by atoms with van der Waals surface area (Å²) < 4.78 is 5.34. The molecule has 4 nitrogen and oxygen atoms in total. The van der Waals surface area contributed by atoms with Crippen molar-refractivity contribution in [3.8, 4) is 0 Å². The quantitative estimate of drug-likeness (QED) is 0.834. The van der Waals surface area contributed by atoms with Gasteiger partial charge in [0.2, 0.25) is 0 Å². The van der Waals surface area contributed by atoms with E-state index < -0.39 is 5.60 Å². The van der Waals surface area contributed by atoms with Gasteiger partial charge in [-0.3, -0.25) is 0 Å². The van der Waals surface area contributed by atoms with Gasteiger partial charge in [-0.25, -0.2) is 4.79 Å². The summed E-state index contributed by atoms with van der Waals surface area (Å²) in [5.74, 6) is 1.22. The SMILES string of the molecule is CC(C)(C)C[C@H](CNC(=O)OC(C)(C)C)C1CCNCC1. The molecule has 0 aromatic rings. The second-order valence-corrected chi connectivity index (χ2v) is 8.50. The molecule has 124 valence electrons. The van der Waals surface area contributed by atoms with E-state index in [-0.39, 0.29) is 11.5 Å². The lowest BCUT2D eigenvalue weighted by Crippen LogP contribution is -2.40. The van der Waals surface area contributed by atoms with Gasteiger partial charge < -0.3 is 15.4 Å². The van der Waals surface area contributed by atoms with Crippen LogP contribution in [0.25, 0.3) is 0 Å². The second-order valence-electron chi connectivity index (χ2n) is 8.50. The third kappa shape index (κ3) is 8.30. The van der Waals surface area contributed by atoms with Crippen molar-refractivity contribution in [2.24, 2.45) is 17.3 Å². The van der Waals surface area contributed by atoms with E-state index in [1.165, 1.54) is 12.8 Å². The average molecular weight is 298 g/mol. The Morgan fingerprint density at radius 1 is 1.19 bits per heavy atom. The van der Waals surface area contributed by atoms with E-state index in [1.54, 1.807) is 0 Å². The van der Waals surface area contributed by atoms with Gasteiger partial charge in [-0.15, -0.1) is 0 Å². The van der Waals surface area contributed by atoms with Gasteiger partial charge in [-0.1, -0.05) is 20.8 Å². The third-order valence-electron chi connectivity index (χ3n) is 3.83. The average Bonchev–Trinajstić information content (AvgIpc) is 2.32. The minimum Gasteiger partial charge on any atom is -0.444 e. The van der Waals surface area contributed by atoms with Crippen molar-refractivity contribution in [3.63, 3.8) is 0 Å². The minimum atomic E-state index is -0.432. The van der Waals surface area contributed by atoms with E-state index in [2.05, 4.69) is 31.4 Å². The molecule has 0 saturated carbocycles. The number of carbonyl (C=O) groups excluding carboxylic acids is 1. The topological polar surface area (TPSA) is 50.4 Å². The molecule has 0 aliphatic carbocycles. The first-order chi connectivity index (χ1) is 9.57. The van der Waals surface area contributed by atoms with Crippen molar-refractivity contribution in [2.75, 3.05) is 19.6 Å². The molecule has 1 aliphatic rings. The molecule has 1 rings (SSSR count). The maximum Gasteiger partial charge on any atom is 0.407 e. The van der Waals surface area contributed by atoms with Crippen molar-refractivity contribution >= 4 is 6.09 Å². The van der Waals surface area contributed by atoms with E-state index in [1.807, 2.05) is 20.8 Å². The first-order valence-corrected chi connectivity index (χ1v) is 8.24. The molecule has 4 heteroatoms. The highest BCUT2D eigenvalue weighted by Crippen LogP contribution is 2.32. The lowest BCUT2D eigenvalue weighted by atomic mass is 9.75. The van der Waals surface area contributed by atoms with Crippen LogP contribution in [-0.2, 0) is 4.74 Å². The fourth-order valence-electron chi connectivity index (χ4n) is 3.04. The summed E-state index contributed by atoms with van der Waals surface area (Å²) in [4.78, 5) is 11.9. The zero-order valence-corrected chi connectivity index (χ0v) is 14.7. The number of rotatable bonds is 4. The number of carbonyl (C=O) groups is 1. The highest BCUT2D eigenvalue weighted by Gasteiger charge is 2.28. The molecule has 0 aromatic carbocycles. The molecule has 1 atom stereocenters. The van der Waals surface area contributed by atoms with E-state index >= 15 is 0 Å². The standard InChI is InChI=1S/C17H34N2O2/c1-16(2,3)11-14(13-7-9-18-10-8-13)12-19-15(20)21-17(4,5)6/h13-14,18H,7-12H2,1-6H3,(H,19,20)/t14-/m1/s1. The Morgan fingerprint density at radius 3 is 2.24 bits per heavy atom. The molecule has 2 N–H and O–H groups in total. The highest BCUT2D eigenvalue weighted by molar-refractivity contribution is 5.67. The van der Waals surface area contributed by atoms with Crippen LogP contribution in [0.3, 0.4) is 0 Å². The van der Waals surface area contributed by atoms with Gasteiger partial charge in [0.05, 0.1) is 0 Å². The zero-order valence-electron chi connectivity index (χ0n) is 14.7. The number of hydrogen-bond acceptors (Lipinski definition) is 3. The summed E-state index contributed by atoms with van der Waals surface area (Å²) in [6, 6.07) is 0. The third-order valence-corrected chi connectivity index (χ3v) is 3.83. The van der Waals surface area contributed by atoms with Crippen molar-refractivity contribution in [1.29, 1.82) is 0 Å². The Labute approximate surface area is 130 Å². The summed E-state index contributed by atoms with van der Waals surface area (Å²) in [7, 11) is 0. The van der Waals surface area contributed by atoms with Crippen molar-refractivity contribution in [2.45, 2.75) is 66.4 Å². The summed E-state index contributed by atoms with van der Waals surface area (Å²) in [6.07, 6.45) is 3.25. The van der Waals surface area contributed by atoms with Gasteiger partial charge in [0.1, 0.15) is 5.60 Å². The number of ether oxygens (including phenoxy) is 1. The molecule has 1 aliphatic heterocycles. The molecular weight excluding hydrogens is 264 g/mol. The largest absolute Gasteiger partial charge is 0.444 e. The Balaban J connectivity index is 2.54. The van der Waals surface area contributed by atoms with Crippen LogP contribution in [-0.4, -0.2) is 31.3 Å². The Morgan fingerprint density at radius 2 is 1.76 bits per heavy atom. The zero-order chi connectivity index (χ0) is 16.1. The van der Waals surface area contributed by atoms with Crippen LogP contribution in [0.2, 0.25) is 0 Å². The van der Waals surface area contributed by atoms with Crippen LogP contribution >= 0.6 is 0 Å². The van der Waals surface area contributed by atoms with Crippen LogP contribution in [0.15, 0.2) is 0 Å². The number of alkyl carbamates (subject to hydrolysis) is 1. The Hall–Kier alpha value is -0.770. The maximum absolute atomic E-state index is 11.9. The maximum atomic E-state index is 11.9. The van der Waals surface area contributed by atoms with E-state index in [0.29, 0.717) is 11.8 Å². The molecule has 0 unspecified atom stereocenters. The first-order valence-electron chi connectivity index (χ1n) is 8.24. The molecule has 0 bridgehead atoms. The van der Waals surface area contributed by atoms with Gasteiger partial charge >= 0.3 is 6.09 Å². The summed E-state index contributed by atoms with van der Waals surface area (Å²) in [6.45, 7) is 15.4. The fraction of sp³-hybridized carbons (Fsp3) is 0.941. The lowest BCUT2D eigenvalue weighted by molar-refractivity contribution is 0.0501. The van der Waals surface area contributed by atoms with Crippen LogP contribution < -0.4 is 10.6 Å². The van der Waals surface area contributed by atoms with Crippen LogP contribution in [0.5, 0.6) is 0 Å². The second kappa shape index (κ2) is 7.48. The molecule has 1 fully saturated rings. The normalized spacial score (nSPS) is 19.1. The molecule has 1 heterocycles. The predicted molar refractivity (Wildman–Crippen MR) is 87.4 cm³/mol. The minimum absolute atomic E-state index is 0.283. The van der Waals surface area contributed by atoms with E-state index in [4.69, 9.17) is 4.74 Å². The monoisotopic (exact) mass is 298 g/mol. The molecule has 0 aromatic heterocycles. The summed E-state index contributed by atoms with van der Waals surface area (Å²) in [5, 5.41) is 6.39. The smallest absolute Gasteiger partial charge is 0.407 e. The number of amides is 1. The molecule has 0 spiro atoms. The van der Waals surface area contributed by atoms with Gasteiger partial charge in [-0.05, 0) is 70.4 Å². The Kier molecular flexibility index (Phi) is 6.51. The Bertz CT molecular complexity index is 323. The lowest BCUT2D eigenvalue weighted by Gasteiger charge is -2.35. The van der Waals surface area contributed by atoms with Gasteiger partial charge in [0.25, 0.3) is 0 Å². The molecular formula is C17H34N2O2. The van der Waals surface area contributed by atoms with Gasteiger partial charge in [0, 0.05) is 6.54 Å². The van der Waals surface area contributed by atoms with Crippen LogP contribution in [0.1, 0.15) is 60.8 Å². The van der Waals surface area contributed by atoms with Crippen LogP contribution in [0.4, 0.5) is 4.79 Å². The molecule has 21 heavy (non-hydrogen) atoms. The van der Waals surface area contributed by atoms with E-state index in [0.717, 1.165) is 26.1 Å². The summed E-state index contributed by atoms with van der Waals surface area (Å²) in [5.41, 5.74) is -0.149. The van der Waals surface area contributed by atoms with Crippen molar-refractivity contribution in [3.05, 3.63) is 0 Å². The van der Waals surface area contributed by atoms with Crippen LogP contribution in [0, 0.1) is 17.3 Å². The van der Waals surface area contributed by atoms with Crippen molar-refractivity contribution < 1.29 is 9.53 Å². The summed E-state index contributed by atoms with van der Waals surface area (Å²) >= 11 is 0. The molecule has 0 radical (unpaired) electrons. The number of nitrogens with one attached hydrogen (secondary N) is 2. The van der Waals surface area contributed by atoms with E-state index in [9.17, 15) is 4.79 Å². The van der Waals surface area contributed by atoms with Gasteiger partial charge in [-0.2, -0.15) is 0 Å². The molecule has 1 amide bonds. The predicted octanol–water partition coefficient (Wildman–Crippen LogP) is 3.56. The first kappa shape index (κ1) is 18.3. The van der Waals surface area contributed by atoms with Gasteiger partial charge in [0.15, 0.2) is 0 Å².